The molecule has 3 rings (SSSR count). The van der Waals surface area contributed by atoms with Crippen LogP contribution in [0.3, 0.4) is 0 Å². The normalized spacial score (nSPS) is 15.6. The fourth-order valence-electron chi connectivity index (χ4n) is 2.68. The smallest absolute Gasteiger partial charge is 0.306 e. The Morgan fingerprint density at radius 1 is 1.35 bits per heavy atom. The van der Waals surface area contributed by atoms with Crippen LogP contribution in [0, 0.1) is 12.8 Å². The van der Waals surface area contributed by atoms with Crippen LogP contribution in [0.5, 0.6) is 0 Å². The maximum atomic E-state index is 12.7. The van der Waals surface area contributed by atoms with E-state index in [0.717, 1.165) is 10.6 Å². The third-order valence-electron chi connectivity index (χ3n) is 4.03. The van der Waals surface area contributed by atoms with Crippen molar-refractivity contribution in [2.45, 2.75) is 19.8 Å². The lowest BCUT2D eigenvalue weighted by Crippen LogP contribution is -2.40. The van der Waals surface area contributed by atoms with Crippen LogP contribution in [0.25, 0.3) is 10.6 Å². The fourth-order valence-corrected chi connectivity index (χ4v) is 3.71. The maximum absolute atomic E-state index is 12.7. The van der Waals surface area contributed by atoms with E-state index < -0.39 is 5.97 Å². The minimum atomic E-state index is -0.773. The van der Waals surface area contributed by atoms with Crippen molar-refractivity contribution in [3.8, 4) is 10.6 Å². The second-order valence-electron chi connectivity index (χ2n) is 5.58. The molecule has 3 heterocycles. The number of piperidine rings is 1. The molecule has 1 amide bonds. The Hall–Kier alpha value is -2.28. The fraction of sp³-hybridized carbons (Fsp3) is 0.375. The first-order valence-corrected chi connectivity index (χ1v) is 8.28. The topological polar surface area (TPSA) is 83.4 Å². The number of aliphatic carboxylic acids is 1. The number of hydrogen-bond donors (Lipinski definition) is 1. The number of carbonyl (C=O) groups excluding carboxylic acids is 1. The summed E-state index contributed by atoms with van der Waals surface area (Å²) in [5, 5.41) is 9.81. The highest BCUT2D eigenvalue weighted by atomic mass is 32.1. The number of nitrogens with zero attached hydrogens (tertiary/aromatic N) is 3. The Kier molecular flexibility index (Phi) is 4.38. The minimum absolute atomic E-state index is 0.0565. The largest absolute Gasteiger partial charge is 0.481 e. The summed E-state index contributed by atoms with van der Waals surface area (Å²) in [6.07, 6.45) is 4.44. The number of pyridine rings is 1. The zero-order chi connectivity index (χ0) is 16.4. The highest BCUT2D eigenvalue weighted by molar-refractivity contribution is 7.17. The van der Waals surface area contributed by atoms with Crippen molar-refractivity contribution < 1.29 is 14.7 Å². The Bertz CT molecular complexity index is 721. The molecular formula is C16H17N3O3S. The number of aryl methyl sites for hydroxylation is 1. The summed E-state index contributed by atoms with van der Waals surface area (Å²) in [7, 11) is 0. The average Bonchev–Trinajstić information content (AvgIpc) is 2.97. The summed E-state index contributed by atoms with van der Waals surface area (Å²) in [6.45, 7) is 2.79. The number of carbonyl (C=O) groups is 2. The molecule has 1 N–H and O–H groups in total. The van der Waals surface area contributed by atoms with Gasteiger partial charge in [-0.2, -0.15) is 0 Å². The number of likely N-dealkylation sites (tertiary alicyclic amines) is 1. The summed E-state index contributed by atoms with van der Waals surface area (Å²) in [5.41, 5.74) is 1.60. The van der Waals surface area contributed by atoms with Crippen LogP contribution in [-0.4, -0.2) is 44.9 Å². The van der Waals surface area contributed by atoms with Gasteiger partial charge in [-0.05, 0) is 31.9 Å². The summed E-state index contributed by atoms with van der Waals surface area (Å²) in [4.78, 5) is 34.6. The van der Waals surface area contributed by atoms with Crippen molar-refractivity contribution in [2.75, 3.05) is 13.1 Å². The van der Waals surface area contributed by atoms with Gasteiger partial charge in [-0.1, -0.05) is 0 Å². The average molecular weight is 331 g/mol. The molecular weight excluding hydrogens is 314 g/mol. The van der Waals surface area contributed by atoms with E-state index in [-0.39, 0.29) is 11.8 Å². The van der Waals surface area contributed by atoms with Gasteiger partial charge < -0.3 is 10.0 Å². The van der Waals surface area contributed by atoms with E-state index in [0.29, 0.717) is 36.5 Å². The first-order chi connectivity index (χ1) is 11.1. The van der Waals surface area contributed by atoms with Gasteiger partial charge in [-0.25, -0.2) is 4.98 Å². The Morgan fingerprint density at radius 2 is 2.09 bits per heavy atom. The molecule has 23 heavy (non-hydrogen) atoms. The molecule has 0 radical (unpaired) electrons. The quantitative estimate of drug-likeness (QED) is 0.934. The molecule has 0 atom stereocenters. The lowest BCUT2D eigenvalue weighted by Gasteiger charge is -2.29. The molecule has 6 nitrogen and oxygen atoms in total. The molecule has 0 unspecified atom stereocenters. The molecule has 1 aliphatic heterocycles. The lowest BCUT2D eigenvalue weighted by molar-refractivity contribution is -0.143. The molecule has 1 fully saturated rings. The second kappa shape index (κ2) is 6.45. The molecule has 0 bridgehead atoms. The number of carboxylic acid groups (broad SMARTS) is 1. The van der Waals surface area contributed by atoms with Crippen LogP contribution >= 0.6 is 11.3 Å². The van der Waals surface area contributed by atoms with Crippen LogP contribution < -0.4 is 0 Å². The molecule has 2 aromatic rings. The monoisotopic (exact) mass is 331 g/mol. The van der Waals surface area contributed by atoms with Crippen molar-refractivity contribution in [2.24, 2.45) is 5.92 Å². The number of amides is 1. The van der Waals surface area contributed by atoms with Gasteiger partial charge in [0.15, 0.2) is 0 Å². The van der Waals surface area contributed by atoms with E-state index in [1.165, 1.54) is 11.3 Å². The second-order valence-corrected chi connectivity index (χ2v) is 6.58. The van der Waals surface area contributed by atoms with Gasteiger partial charge in [-0.15, -0.1) is 11.3 Å². The van der Waals surface area contributed by atoms with Crippen LogP contribution in [0.15, 0.2) is 24.5 Å². The first kappa shape index (κ1) is 15.6. The molecule has 0 spiro atoms. The number of aromatic nitrogens is 2. The molecule has 0 aromatic carbocycles. The SMILES string of the molecule is Cc1nc(-c2cccnc2)sc1C(=O)N1CCC(C(=O)O)CC1. The zero-order valence-corrected chi connectivity index (χ0v) is 13.5. The van der Waals surface area contributed by atoms with Crippen LogP contribution in [0.4, 0.5) is 0 Å². The number of hydrogen-bond acceptors (Lipinski definition) is 5. The molecule has 1 aliphatic rings. The molecule has 120 valence electrons. The Balaban J connectivity index is 1.76. The van der Waals surface area contributed by atoms with Gasteiger partial charge in [0.05, 0.1) is 11.6 Å². The van der Waals surface area contributed by atoms with Crippen molar-refractivity contribution in [3.05, 3.63) is 35.1 Å². The van der Waals surface area contributed by atoms with E-state index in [2.05, 4.69) is 9.97 Å². The summed E-state index contributed by atoms with van der Waals surface area (Å²) >= 11 is 1.36. The Labute approximate surface area is 137 Å². The van der Waals surface area contributed by atoms with Crippen LogP contribution in [0.2, 0.25) is 0 Å². The highest BCUT2D eigenvalue weighted by Gasteiger charge is 2.29. The highest BCUT2D eigenvalue weighted by Crippen LogP contribution is 2.29. The lowest BCUT2D eigenvalue weighted by atomic mass is 9.97. The zero-order valence-electron chi connectivity index (χ0n) is 12.7. The third-order valence-corrected chi connectivity index (χ3v) is 5.23. The van der Waals surface area contributed by atoms with Gasteiger partial charge in [0.25, 0.3) is 5.91 Å². The number of rotatable bonds is 3. The minimum Gasteiger partial charge on any atom is -0.481 e. The van der Waals surface area contributed by atoms with Crippen molar-refractivity contribution >= 4 is 23.2 Å². The summed E-state index contributed by atoms with van der Waals surface area (Å²) < 4.78 is 0. The van der Waals surface area contributed by atoms with Gasteiger partial charge in [0, 0.05) is 31.0 Å². The van der Waals surface area contributed by atoms with E-state index >= 15 is 0 Å². The predicted molar refractivity (Wildman–Crippen MR) is 86.3 cm³/mol. The van der Waals surface area contributed by atoms with E-state index in [1.807, 2.05) is 19.1 Å². The molecule has 2 aromatic heterocycles. The van der Waals surface area contributed by atoms with Crippen molar-refractivity contribution in [1.82, 2.24) is 14.9 Å². The number of thiazole rings is 1. The van der Waals surface area contributed by atoms with Crippen LogP contribution in [0.1, 0.15) is 28.2 Å². The van der Waals surface area contributed by atoms with E-state index in [4.69, 9.17) is 5.11 Å². The molecule has 0 saturated carbocycles. The van der Waals surface area contributed by atoms with Gasteiger partial charge >= 0.3 is 5.97 Å². The molecule has 7 heteroatoms. The third kappa shape index (κ3) is 3.24. The standard InChI is InChI=1S/C16H17N3O3S/c1-10-13(23-14(18-10)12-3-2-6-17-9-12)15(20)19-7-4-11(5-8-19)16(21)22/h2-3,6,9,11H,4-5,7-8H2,1H3,(H,21,22). The van der Waals surface area contributed by atoms with Gasteiger partial charge in [0.1, 0.15) is 9.88 Å². The van der Waals surface area contributed by atoms with Gasteiger partial charge in [-0.3, -0.25) is 14.6 Å². The first-order valence-electron chi connectivity index (χ1n) is 7.46. The molecule has 1 saturated heterocycles. The van der Waals surface area contributed by atoms with Crippen molar-refractivity contribution in [3.63, 3.8) is 0 Å². The number of carboxylic acids is 1. The summed E-state index contributed by atoms with van der Waals surface area (Å²) in [6, 6.07) is 3.75. The maximum Gasteiger partial charge on any atom is 0.306 e. The van der Waals surface area contributed by atoms with Crippen LogP contribution in [-0.2, 0) is 4.79 Å². The summed E-state index contributed by atoms with van der Waals surface area (Å²) in [5.74, 6) is -1.17. The Morgan fingerprint density at radius 3 is 2.70 bits per heavy atom. The molecule has 0 aliphatic carbocycles. The van der Waals surface area contributed by atoms with Crippen molar-refractivity contribution in [1.29, 1.82) is 0 Å². The van der Waals surface area contributed by atoms with E-state index in [1.54, 1.807) is 17.3 Å². The van der Waals surface area contributed by atoms with E-state index in [9.17, 15) is 9.59 Å². The van der Waals surface area contributed by atoms with Gasteiger partial charge in [0.2, 0.25) is 0 Å². The predicted octanol–water partition coefficient (Wildman–Crippen LogP) is 2.45.